The van der Waals surface area contributed by atoms with Crippen LogP contribution in [0.4, 0.5) is 13.2 Å². The Morgan fingerprint density at radius 1 is 1.04 bits per heavy atom. The maximum Gasteiger partial charge on any atom is 0.272 e. The Morgan fingerprint density at radius 3 is 2.30 bits per heavy atom. The van der Waals surface area contributed by atoms with Gasteiger partial charge in [-0.05, 0) is 55.2 Å². The molecule has 0 bridgehead atoms. The van der Waals surface area contributed by atoms with E-state index < -0.39 is 17.9 Å². The van der Waals surface area contributed by atoms with Gasteiger partial charge in [-0.2, -0.15) is 4.39 Å². The van der Waals surface area contributed by atoms with Crippen molar-refractivity contribution < 1.29 is 17.9 Å². The predicted molar refractivity (Wildman–Crippen MR) is 84.0 cm³/mol. The number of allylic oxidation sites excluding steroid dienone is 1. The van der Waals surface area contributed by atoms with Crippen LogP contribution in [0.2, 0.25) is 0 Å². The largest absolute Gasteiger partial charge is 0.463 e. The molecule has 1 fully saturated rings. The first-order valence-electron chi connectivity index (χ1n) is 8.36. The summed E-state index contributed by atoms with van der Waals surface area (Å²) in [5, 5.41) is 0. The lowest BCUT2D eigenvalue weighted by molar-refractivity contribution is -0.0848. The Balaban J connectivity index is 1.71. The average Bonchev–Trinajstić information content (AvgIpc) is 2.53. The summed E-state index contributed by atoms with van der Waals surface area (Å²) in [4.78, 5) is 0. The third-order valence-electron chi connectivity index (χ3n) is 5.33. The first-order chi connectivity index (χ1) is 10.9. The monoisotopic (exact) mass is 324 g/mol. The molecule has 1 heterocycles. The molecule has 1 nitrogen and oxygen atoms in total. The second kappa shape index (κ2) is 6.21. The molecular weight excluding hydrogens is 301 g/mol. The van der Waals surface area contributed by atoms with E-state index in [1.54, 1.807) is 13.8 Å². The Morgan fingerprint density at radius 2 is 1.70 bits per heavy atom. The van der Waals surface area contributed by atoms with Gasteiger partial charge in [0.2, 0.25) is 0 Å². The van der Waals surface area contributed by atoms with Gasteiger partial charge >= 0.3 is 0 Å². The van der Waals surface area contributed by atoms with Gasteiger partial charge in [-0.1, -0.05) is 31.2 Å². The summed E-state index contributed by atoms with van der Waals surface area (Å²) in [6.45, 7) is 3.36. The van der Waals surface area contributed by atoms with Crippen molar-refractivity contribution in [1.82, 2.24) is 0 Å². The summed E-state index contributed by atoms with van der Waals surface area (Å²) in [6.07, 6.45) is 2.43. The quantitative estimate of drug-likeness (QED) is 0.622. The second-order valence-electron chi connectivity index (χ2n) is 7.01. The molecule has 0 radical (unpaired) electrons. The summed E-state index contributed by atoms with van der Waals surface area (Å²) in [5.41, 5.74) is 2.51. The minimum absolute atomic E-state index is 0.0794. The van der Waals surface area contributed by atoms with Gasteiger partial charge in [-0.15, -0.1) is 0 Å². The van der Waals surface area contributed by atoms with Gasteiger partial charge in [0, 0.05) is 12.3 Å². The van der Waals surface area contributed by atoms with Gasteiger partial charge in [-0.25, -0.2) is 8.78 Å². The fraction of sp³-hybridized carbons (Fsp3) is 0.579. The minimum atomic E-state index is -2.58. The van der Waals surface area contributed by atoms with E-state index in [0.29, 0.717) is 18.4 Å². The fourth-order valence-electron chi connectivity index (χ4n) is 3.53. The maximum absolute atomic E-state index is 13.9. The fourth-order valence-corrected chi connectivity index (χ4v) is 3.53. The van der Waals surface area contributed by atoms with Crippen LogP contribution < -0.4 is 0 Å². The SMILES string of the molecule is CC1=C(F)OC(c2ccc(C3CCC(C)C(F)(F)C3)cc2)CC1. The molecule has 1 aromatic carbocycles. The van der Waals surface area contributed by atoms with Crippen molar-refractivity contribution in [2.45, 2.75) is 63.9 Å². The summed E-state index contributed by atoms with van der Waals surface area (Å²) in [5.74, 6) is -3.22. The van der Waals surface area contributed by atoms with Crippen molar-refractivity contribution >= 4 is 0 Å². The summed E-state index contributed by atoms with van der Waals surface area (Å²) in [7, 11) is 0. The third-order valence-corrected chi connectivity index (χ3v) is 5.33. The highest BCUT2D eigenvalue weighted by molar-refractivity contribution is 5.28. The molecule has 1 saturated carbocycles. The molecular formula is C19H23F3O. The van der Waals surface area contributed by atoms with Gasteiger partial charge in [0.05, 0.1) is 0 Å². The van der Waals surface area contributed by atoms with Crippen LogP contribution >= 0.6 is 0 Å². The number of halogens is 3. The Hall–Kier alpha value is -1.45. The molecule has 0 spiro atoms. The number of ether oxygens (including phenoxy) is 1. The molecule has 2 aliphatic rings. The van der Waals surface area contributed by atoms with E-state index in [-0.39, 0.29) is 18.4 Å². The van der Waals surface area contributed by atoms with E-state index in [1.165, 1.54) is 0 Å². The zero-order valence-corrected chi connectivity index (χ0v) is 13.6. The lowest BCUT2D eigenvalue weighted by Gasteiger charge is -2.34. The zero-order valence-electron chi connectivity index (χ0n) is 13.6. The Labute approximate surface area is 135 Å². The van der Waals surface area contributed by atoms with Crippen molar-refractivity contribution in [3.05, 3.63) is 47.0 Å². The van der Waals surface area contributed by atoms with Crippen molar-refractivity contribution in [3.63, 3.8) is 0 Å². The van der Waals surface area contributed by atoms with Crippen molar-refractivity contribution in [2.75, 3.05) is 0 Å². The normalized spacial score (nSPS) is 30.9. The first kappa shape index (κ1) is 16.4. The van der Waals surface area contributed by atoms with Crippen LogP contribution in [0, 0.1) is 5.92 Å². The number of hydrogen-bond acceptors (Lipinski definition) is 1. The van der Waals surface area contributed by atoms with E-state index in [1.807, 2.05) is 24.3 Å². The van der Waals surface area contributed by atoms with E-state index in [9.17, 15) is 13.2 Å². The van der Waals surface area contributed by atoms with Crippen LogP contribution in [-0.2, 0) is 4.74 Å². The highest BCUT2D eigenvalue weighted by Gasteiger charge is 2.42. The van der Waals surface area contributed by atoms with Crippen LogP contribution in [0.3, 0.4) is 0 Å². The van der Waals surface area contributed by atoms with E-state index in [4.69, 9.17) is 4.74 Å². The third kappa shape index (κ3) is 3.41. The van der Waals surface area contributed by atoms with Crippen LogP contribution in [-0.4, -0.2) is 5.92 Å². The number of benzene rings is 1. The van der Waals surface area contributed by atoms with E-state index in [0.717, 1.165) is 24.0 Å². The highest BCUT2D eigenvalue weighted by atomic mass is 19.3. The van der Waals surface area contributed by atoms with Gasteiger partial charge in [0.1, 0.15) is 6.10 Å². The highest BCUT2D eigenvalue weighted by Crippen LogP contribution is 2.45. The topological polar surface area (TPSA) is 9.23 Å². The molecule has 1 aromatic rings. The lowest BCUT2D eigenvalue weighted by atomic mass is 9.77. The minimum Gasteiger partial charge on any atom is -0.463 e. The van der Waals surface area contributed by atoms with Crippen LogP contribution in [0.15, 0.2) is 35.9 Å². The average molecular weight is 324 g/mol. The lowest BCUT2D eigenvalue weighted by Crippen LogP contribution is -2.33. The molecule has 3 rings (SSSR count). The molecule has 3 unspecified atom stereocenters. The Bertz CT molecular complexity index is 591. The molecule has 0 N–H and O–H groups in total. The standard InChI is InChI=1S/C19H23F3O/c1-12-3-10-17(23-18(12)20)15-8-6-14(7-9-15)16-5-4-13(2)19(21,22)11-16/h6-9,13,16-17H,3-5,10-11H2,1-2H3. The van der Waals surface area contributed by atoms with Crippen molar-refractivity contribution in [1.29, 1.82) is 0 Å². The molecule has 4 heteroatoms. The number of alkyl halides is 2. The summed E-state index contributed by atoms with van der Waals surface area (Å²) < 4.78 is 46.7. The van der Waals surface area contributed by atoms with Gasteiger partial charge in [0.15, 0.2) is 0 Å². The molecule has 23 heavy (non-hydrogen) atoms. The van der Waals surface area contributed by atoms with Crippen molar-refractivity contribution in [3.8, 4) is 0 Å². The molecule has 1 aliphatic heterocycles. The predicted octanol–water partition coefficient (Wildman–Crippen LogP) is 6.28. The van der Waals surface area contributed by atoms with Gasteiger partial charge in [-0.3, -0.25) is 0 Å². The number of rotatable bonds is 2. The molecule has 0 amide bonds. The van der Waals surface area contributed by atoms with Crippen molar-refractivity contribution in [2.24, 2.45) is 5.92 Å². The summed E-state index contributed by atoms with van der Waals surface area (Å²) in [6, 6.07) is 7.11. The zero-order chi connectivity index (χ0) is 16.6. The second-order valence-corrected chi connectivity index (χ2v) is 7.01. The molecule has 0 aromatic heterocycles. The van der Waals surface area contributed by atoms with E-state index >= 15 is 0 Å². The van der Waals surface area contributed by atoms with Crippen LogP contribution in [0.5, 0.6) is 0 Å². The van der Waals surface area contributed by atoms with Crippen LogP contribution in [0.25, 0.3) is 0 Å². The maximum atomic E-state index is 13.9. The van der Waals surface area contributed by atoms with Gasteiger partial charge in [0.25, 0.3) is 11.9 Å². The van der Waals surface area contributed by atoms with E-state index in [2.05, 4.69) is 0 Å². The van der Waals surface area contributed by atoms with Gasteiger partial charge < -0.3 is 4.74 Å². The first-order valence-corrected chi connectivity index (χ1v) is 8.36. The summed E-state index contributed by atoms with van der Waals surface area (Å²) >= 11 is 0. The van der Waals surface area contributed by atoms with Crippen LogP contribution in [0.1, 0.15) is 69.1 Å². The molecule has 126 valence electrons. The Kier molecular flexibility index (Phi) is 4.43. The molecule has 0 saturated heterocycles. The smallest absolute Gasteiger partial charge is 0.272 e. The molecule has 3 atom stereocenters. The molecule has 1 aliphatic carbocycles. The number of hydrogen-bond donors (Lipinski definition) is 0.